The SMILES string of the molecule is CC(C)CCC(N)B1OC2CCCC(C)C2(C)O1. The topological polar surface area (TPSA) is 44.5 Å². The summed E-state index contributed by atoms with van der Waals surface area (Å²) in [7, 11) is -0.195. The maximum atomic E-state index is 6.24. The van der Waals surface area contributed by atoms with E-state index in [-0.39, 0.29) is 24.8 Å². The lowest BCUT2D eigenvalue weighted by Gasteiger charge is -2.40. The Morgan fingerprint density at radius 3 is 2.67 bits per heavy atom. The number of nitrogens with two attached hydrogens (primary N) is 1. The van der Waals surface area contributed by atoms with E-state index in [4.69, 9.17) is 15.0 Å². The summed E-state index contributed by atoms with van der Waals surface area (Å²) in [5, 5.41) is 0. The van der Waals surface area contributed by atoms with Gasteiger partial charge in [0.15, 0.2) is 0 Å². The molecule has 1 saturated carbocycles. The molecule has 2 fully saturated rings. The molecule has 18 heavy (non-hydrogen) atoms. The summed E-state index contributed by atoms with van der Waals surface area (Å²) < 4.78 is 12.3. The smallest absolute Gasteiger partial charge is 0.404 e. The first-order valence-electron chi connectivity index (χ1n) is 7.52. The minimum atomic E-state index is -0.195. The van der Waals surface area contributed by atoms with Crippen LogP contribution in [0.3, 0.4) is 0 Å². The van der Waals surface area contributed by atoms with Gasteiger partial charge in [-0.25, -0.2) is 0 Å². The molecule has 1 heterocycles. The van der Waals surface area contributed by atoms with E-state index in [0.717, 1.165) is 19.3 Å². The lowest BCUT2D eigenvalue weighted by molar-refractivity contribution is -0.0259. The normalized spacial score (nSPS) is 38.0. The van der Waals surface area contributed by atoms with Crippen LogP contribution in [-0.2, 0) is 9.31 Å². The first kappa shape index (κ1) is 14.4. The molecule has 0 spiro atoms. The van der Waals surface area contributed by atoms with Crippen LogP contribution in [0.15, 0.2) is 0 Å². The van der Waals surface area contributed by atoms with Crippen molar-refractivity contribution in [3.8, 4) is 0 Å². The lowest BCUT2D eigenvalue weighted by atomic mass is 9.74. The summed E-state index contributed by atoms with van der Waals surface area (Å²) in [5.74, 6) is 1.27. The molecule has 1 aliphatic carbocycles. The van der Waals surface area contributed by atoms with Crippen LogP contribution < -0.4 is 5.73 Å². The van der Waals surface area contributed by atoms with Crippen LogP contribution in [0.5, 0.6) is 0 Å². The second-order valence-electron chi connectivity index (χ2n) is 6.76. The van der Waals surface area contributed by atoms with Gasteiger partial charge in [0.25, 0.3) is 0 Å². The molecule has 2 aliphatic rings. The fourth-order valence-electron chi connectivity index (χ4n) is 3.19. The monoisotopic (exact) mass is 253 g/mol. The standard InChI is InChI=1S/C14H28BNO2/c1-10(2)8-9-13(16)15-17-12-7-5-6-11(3)14(12,4)18-15/h10-13H,5-9,16H2,1-4H3. The molecule has 0 aromatic rings. The summed E-state index contributed by atoms with van der Waals surface area (Å²) in [5.41, 5.74) is 6.12. The molecule has 3 nitrogen and oxygen atoms in total. The zero-order valence-electron chi connectivity index (χ0n) is 12.3. The van der Waals surface area contributed by atoms with Gasteiger partial charge in [0.05, 0.1) is 11.7 Å². The van der Waals surface area contributed by atoms with Crippen LogP contribution >= 0.6 is 0 Å². The highest BCUT2D eigenvalue weighted by molar-refractivity contribution is 6.47. The molecule has 2 rings (SSSR count). The lowest BCUT2D eigenvalue weighted by Crippen LogP contribution is -2.47. The molecular weight excluding hydrogens is 225 g/mol. The minimum absolute atomic E-state index is 0.0158. The largest absolute Gasteiger partial charge is 0.475 e. The Morgan fingerprint density at radius 1 is 1.33 bits per heavy atom. The number of fused-ring (bicyclic) bond motifs is 1. The molecular formula is C14H28BNO2. The van der Waals surface area contributed by atoms with E-state index in [0.29, 0.717) is 11.8 Å². The van der Waals surface area contributed by atoms with Crippen LogP contribution in [0.4, 0.5) is 0 Å². The third kappa shape index (κ3) is 2.76. The predicted molar refractivity (Wildman–Crippen MR) is 75.2 cm³/mol. The van der Waals surface area contributed by atoms with E-state index >= 15 is 0 Å². The van der Waals surface area contributed by atoms with Crippen LogP contribution in [-0.4, -0.2) is 24.8 Å². The summed E-state index contributed by atoms with van der Waals surface area (Å²) in [6.45, 7) is 8.94. The van der Waals surface area contributed by atoms with E-state index in [2.05, 4.69) is 27.7 Å². The van der Waals surface area contributed by atoms with E-state index in [1.807, 2.05) is 0 Å². The Balaban J connectivity index is 1.93. The molecule has 4 unspecified atom stereocenters. The molecule has 0 amide bonds. The maximum absolute atomic E-state index is 6.24. The molecule has 0 bridgehead atoms. The Hall–Kier alpha value is -0.0551. The minimum Gasteiger partial charge on any atom is -0.404 e. The zero-order valence-corrected chi connectivity index (χ0v) is 12.3. The highest BCUT2D eigenvalue weighted by Crippen LogP contribution is 2.43. The van der Waals surface area contributed by atoms with Gasteiger partial charge in [-0.1, -0.05) is 27.2 Å². The predicted octanol–water partition coefficient (Wildman–Crippen LogP) is 2.77. The highest BCUT2D eigenvalue weighted by Gasteiger charge is 2.54. The van der Waals surface area contributed by atoms with Crippen molar-refractivity contribution in [1.82, 2.24) is 0 Å². The van der Waals surface area contributed by atoms with Crippen LogP contribution in [0.25, 0.3) is 0 Å². The van der Waals surface area contributed by atoms with Crippen molar-refractivity contribution in [2.24, 2.45) is 17.6 Å². The molecule has 104 valence electrons. The zero-order chi connectivity index (χ0) is 13.3. The van der Waals surface area contributed by atoms with E-state index in [1.165, 1.54) is 12.8 Å². The van der Waals surface area contributed by atoms with Crippen molar-refractivity contribution in [3.63, 3.8) is 0 Å². The van der Waals surface area contributed by atoms with Gasteiger partial charge < -0.3 is 15.0 Å². The third-order valence-corrected chi connectivity index (χ3v) is 4.82. The van der Waals surface area contributed by atoms with Gasteiger partial charge in [-0.2, -0.15) is 0 Å². The van der Waals surface area contributed by atoms with E-state index in [1.54, 1.807) is 0 Å². The van der Waals surface area contributed by atoms with Gasteiger partial charge >= 0.3 is 7.12 Å². The van der Waals surface area contributed by atoms with Crippen LogP contribution in [0.2, 0.25) is 0 Å². The Bertz CT molecular complexity index is 287. The number of hydrogen-bond acceptors (Lipinski definition) is 3. The van der Waals surface area contributed by atoms with Gasteiger partial charge in [0, 0.05) is 5.94 Å². The first-order chi connectivity index (χ1) is 8.43. The average molecular weight is 253 g/mol. The summed E-state index contributed by atoms with van der Waals surface area (Å²) in [6, 6.07) is 0. The molecule has 0 radical (unpaired) electrons. The maximum Gasteiger partial charge on any atom is 0.475 e. The Labute approximate surface area is 112 Å². The molecule has 4 heteroatoms. The summed E-state index contributed by atoms with van der Waals surface area (Å²) in [6.07, 6.45) is 5.98. The van der Waals surface area contributed by atoms with Crippen molar-refractivity contribution in [1.29, 1.82) is 0 Å². The fourth-order valence-corrected chi connectivity index (χ4v) is 3.19. The quantitative estimate of drug-likeness (QED) is 0.783. The van der Waals surface area contributed by atoms with Crippen molar-refractivity contribution >= 4 is 7.12 Å². The molecule has 0 aromatic carbocycles. The van der Waals surface area contributed by atoms with Crippen molar-refractivity contribution < 1.29 is 9.31 Å². The Morgan fingerprint density at radius 2 is 2.06 bits per heavy atom. The molecule has 2 N–H and O–H groups in total. The van der Waals surface area contributed by atoms with Gasteiger partial charge in [-0.15, -0.1) is 0 Å². The fraction of sp³-hybridized carbons (Fsp3) is 1.00. The molecule has 1 aliphatic heterocycles. The molecule has 0 aromatic heterocycles. The molecule has 1 saturated heterocycles. The second kappa shape index (κ2) is 5.52. The number of hydrogen-bond donors (Lipinski definition) is 1. The second-order valence-corrected chi connectivity index (χ2v) is 6.76. The molecule has 4 atom stereocenters. The third-order valence-electron chi connectivity index (χ3n) is 4.82. The van der Waals surface area contributed by atoms with Gasteiger partial charge in [-0.3, -0.25) is 0 Å². The summed E-state index contributed by atoms with van der Waals surface area (Å²) in [4.78, 5) is 0. The average Bonchev–Trinajstić information content (AvgIpc) is 2.66. The van der Waals surface area contributed by atoms with E-state index in [9.17, 15) is 0 Å². The van der Waals surface area contributed by atoms with E-state index < -0.39 is 0 Å². The number of rotatable bonds is 4. The van der Waals surface area contributed by atoms with Crippen molar-refractivity contribution in [2.75, 3.05) is 0 Å². The van der Waals surface area contributed by atoms with Crippen LogP contribution in [0, 0.1) is 11.8 Å². The summed E-state index contributed by atoms with van der Waals surface area (Å²) >= 11 is 0. The van der Waals surface area contributed by atoms with Gasteiger partial charge in [0.1, 0.15) is 0 Å². The van der Waals surface area contributed by atoms with Gasteiger partial charge in [-0.05, 0) is 44.4 Å². The Kier molecular flexibility index (Phi) is 4.40. The van der Waals surface area contributed by atoms with Gasteiger partial charge in [0.2, 0.25) is 0 Å². The van der Waals surface area contributed by atoms with Crippen LogP contribution in [0.1, 0.15) is 59.8 Å². The first-order valence-corrected chi connectivity index (χ1v) is 7.52. The highest BCUT2D eigenvalue weighted by atomic mass is 16.7. The van der Waals surface area contributed by atoms with Crippen molar-refractivity contribution in [2.45, 2.75) is 77.4 Å². The van der Waals surface area contributed by atoms with Crippen molar-refractivity contribution in [3.05, 3.63) is 0 Å².